The maximum atomic E-state index is 12.7. The Morgan fingerprint density at radius 2 is 1.94 bits per heavy atom. The van der Waals surface area contributed by atoms with Gasteiger partial charge in [-0.25, -0.2) is 19.2 Å². The van der Waals surface area contributed by atoms with E-state index >= 15 is 0 Å². The molecule has 1 amide bonds. The van der Waals surface area contributed by atoms with Crippen LogP contribution in [-0.2, 0) is 43.5 Å². The summed E-state index contributed by atoms with van der Waals surface area (Å²) >= 11 is 0. The van der Waals surface area contributed by atoms with Gasteiger partial charge >= 0.3 is 23.8 Å². The van der Waals surface area contributed by atoms with Gasteiger partial charge in [-0.15, -0.1) is 5.10 Å². The molecule has 14 nitrogen and oxygen atoms in total. The normalized spacial score (nSPS) is 17.4. The Morgan fingerprint density at radius 1 is 1.14 bits per heavy atom. The molecule has 1 aliphatic rings. The summed E-state index contributed by atoms with van der Waals surface area (Å²) in [5.41, 5.74) is 1.94. The van der Waals surface area contributed by atoms with E-state index in [-0.39, 0.29) is 38.0 Å². The average molecular weight is 682 g/mol. The molecule has 1 unspecified atom stereocenters. The first-order chi connectivity index (χ1) is 23.4. The minimum Gasteiger partial charge on any atom is -0.460 e. The first-order valence-corrected chi connectivity index (χ1v) is 16.7. The van der Waals surface area contributed by atoms with Gasteiger partial charge in [-0.2, -0.15) is 0 Å². The molecule has 1 fully saturated rings. The number of nitrogens with one attached hydrogen (secondary N) is 1. The molecular formula is C35H47N5O9. The van der Waals surface area contributed by atoms with Crippen LogP contribution < -0.4 is 15.8 Å². The molecule has 1 N–H and O–H groups in total. The van der Waals surface area contributed by atoms with E-state index in [0.717, 1.165) is 24.9 Å². The highest BCUT2D eigenvalue weighted by molar-refractivity contribution is 5.87. The van der Waals surface area contributed by atoms with Crippen molar-refractivity contribution in [2.75, 3.05) is 31.1 Å². The largest absolute Gasteiger partial charge is 0.508 e. The Bertz CT molecular complexity index is 1670. The molecule has 0 radical (unpaired) electrons. The van der Waals surface area contributed by atoms with Crippen LogP contribution in [0.5, 0.6) is 0 Å². The molecule has 49 heavy (non-hydrogen) atoms. The van der Waals surface area contributed by atoms with E-state index in [4.69, 9.17) is 23.4 Å². The van der Waals surface area contributed by atoms with Gasteiger partial charge in [0.2, 0.25) is 0 Å². The molecule has 1 aromatic carbocycles. The molecule has 14 heteroatoms. The Balaban J connectivity index is 1.29. The fraction of sp³-hybridized carbons (Fsp3) is 0.543. The van der Waals surface area contributed by atoms with Gasteiger partial charge in [0.15, 0.2) is 0 Å². The first kappa shape index (κ1) is 36.9. The van der Waals surface area contributed by atoms with E-state index in [1.54, 1.807) is 16.9 Å². The van der Waals surface area contributed by atoms with Crippen LogP contribution in [0.4, 0.5) is 15.3 Å². The van der Waals surface area contributed by atoms with Gasteiger partial charge in [-0.1, -0.05) is 39.0 Å². The summed E-state index contributed by atoms with van der Waals surface area (Å²) in [5, 5.41) is 11.3. The van der Waals surface area contributed by atoms with Crippen LogP contribution in [0.25, 0.3) is 11.0 Å². The predicted octanol–water partition coefficient (Wildman–Crippen LogP) is 5.37. The van der Waals surface area contributed by atoms with Crippen LogP contribution in [0.1, 0.15) is 65.1 Å². The number of amides is 1. The minimum atomic E-state index is -0.732. The highest BCUT2D eigenvalue weighted by atomic mass is 16.7. The van der Waals surface area contributed by atoms with Crippen molar-refractivity contribution in [3.05, 3.63) is 64.3 Å². The molecule has 0 aliphatic heterocycles. The molecule has 1 saturated carbocycles. The number of rotatable bonds is 15. The van der Waals surface area contributed by atoms with E-state index < -0.39 is 23.8 Å². The van der Waals surface area contributed by atoms with Crippen LogP contribution in [0, 0.1) is 17.8 Å². The Hall–Kier alpha value is -4.88. The van der Waals surface area contributed by atoms with Crippen molar-refractivity contribution < 1.29 is 37.7 Å². The van der Waals surface area contributed by atoms with Crippen molar-refractivity contribution in [3.63, 3.8) is 0 Å². The van der Waals surface area contributed by atoms with Gasteiger partial charge in [-0.3, -0.25) is 4.68 Å². The SMILES string of the molecule is C=C(C)C(=O)OCCNC(=O)OCc1cn(CCN(CC)c2ccc3c(COC(=O)O[C@@H]4C[C@H](C)CCC4C(C)C)cc(=O)oc3c2)nn1. The lowest BCUT2D eigenvalue weighted by molar-refractivity contribution is -0.138. The van der Waals surface area contributed by atoms with Crippen LogP contribution in [0.15, 0.2) is 51.8 Å². The molecule has 0 spiro atoms. The average Bonchev–Trinajstić information content (AvgIpc) is 3.52. The zero-order valence-corrected chi connectivity index (χ0v) is 28.9. The number of aromatic nitrogens is 3. The smallest absolute Gasteiger partial charge is 0.460 e. The number of carbonyl (C=O) groups excluding carboxylic acids is 3. The maximum Gasteiger partial charge on any atom is 0.508 e. The van der Waals surface area contributed by atoms with Crippen LogP contribution in [-0.4, -0.2) is 65.6 Å². The Labute approximate surface area is 285 Å². The lowest BCUT2D eigenvalue weighted by atomic mass is 9.75. The van der Waals surface area contributed by atoms with Gasteiger partial charge < -0.3 is 33.6 Å². The molecule has 2 heterocycles. The molecule has 0 saturated heterocycles. The van der Waals surface area contributed by atoms with E-state index in [1.165, 1.54) is 13.0 Å². The molecular weight excluding hydrogens is 634 g/mol. The maximum absolute atomic E-state index is 12.7. The van der Waals surface area contributed by atoms with E-state index in [9.17, 15) is 19.2 Å². The third-order valence-corrected chi connectivity index (χ3v) is 8.60. The second-order valence-corrected chi connectivity index (χ2v) is 12.8. The summed E-state index contributed by atoms with van der Waals surface area (Å²) in [7, 11) is 0. The van der Waals surface area contributed by atoms with E-state index in [2.05, 4.69) is 47.9 Å². The highest BCUT2D eigenvalue weighted by Gasteiger charge is 2.34. The Kier molecular flexibility index (Phi) is 13.2. The van der Waals surface area contributed by atoms with Crippen molar-refractivity contribution in [2.24, 2.45) is 17.8 Å². The highest BCUT2D eigenvalue weighted by Crippen LogP contribution is 2.35. The van der Waals surface area contributed by atoms with Crippen molar-refractivity contribution in [2.45, 2.75) is 79.7 Å². The number of carbonyl (C=O) groups is 3. The van der Waals surface area contributed by atoms with Crippen molar-refractivity contribution >= 4 is 34.9 Å². The first-order valence-electron chi connectivity index (χ1n) is 16.7. The zero-order chi connectivity index (χ0) is 35.5. The summed E-state index contributed by atoms with van der Waals surface area (Å²) in [5.74, 6) is 0.656. The topological polar surface area (TPSA) is 164 Å². The number of hydrogen-bond acceptors (Lipinski definition) is 12. The number of anilines is 1. The Morgan fingerprint density at radius 3 is 2.67 bits per heavy atom. The predicted molar refractivity (Wildman–Crippen MR) is 181 cm³/mol. The fourth-order valence-corrected chi connectivity index (χ4v) is 5.90. The summed E-state index contributed by atoms with van der Waals surface area (Å²) in [6.45, 7) is 15.1. The van der Waals surface area contributed by atoms with Gasteiger partial charge in [0, 0.05) is 47.4 Å². The number of likely N-dealkylation sites (N-methyl/N-ethyl adjacent to an activating group) is 1. The second kappa shape index (κ2) is 17.5. The number of nitrogens with zero attached hydrogens (tertiary/aromatic N) is 4. The van der Waals surface area contributed by atoms with Gasteiger partial charge in [0.25, 0.3) is 0 Å². The number of alkyl carbamates (subject to hydrolysis) is 1. The standard InChI is InChI=1S/C35H47N5O9/c1-7-39(13-14-40-19-26(37-38-40)21-46-34(43)36-12-15-45-33(42)23(4)5)27-9-11-29-25(17-32(41)48-31(29)18-27)20-47-35(44)49-30-16-24(6)8-10-28(30)22(2)3/h9,11,17-19,22,24,28,30H,4,7-8,10,12-16,20-21H2,1-3,5-6H3,(H,36,43)/t24-,28?,30-/m1/s1. The summed E-state index contributed by atoms with van der Waals surface area (Å²) in [6.07, 6.45) is 3.06. The lowest BCUT2D eigenvalue weighted by Gasteiger charge is -2.36. The minimum absolute atomic E-state index is 0.000891. The second-order valence-electron chi connectivity index (χ2n) is 12.8. The monoisotopic (exact) mass is 681 g/mol. The molecule has 1 aliphatic carbocycles. The van der Waals surface area contributed by atoms with Crippen LogP contribution in [0.2, 0.25) is 0 Å². The third-order valence-electron chi connectivity index (χ3n) is 8.60. The molecule has 2 aromatic heterocycles. The van der Waals surface area contributed by atoms with E-state index in [0.29, 0.717) is 59.6 Å². The molecule has 4 rings (SSSR count). The summed E-state index contributed by atoms with van der Waals surface area (Å²) in [4.78, 5) is 50.5. The number of ether oxygens (including phenoxy) is 4. The quantitative estimate of drug-likeness (QED) is 0.0718. The number of hydrogen-bond donors (Lipinski definition) is 1. The molecule has 3 atom stereocenters. The van der Waals surface area contributed by atoms with Crippen LogP contribution >= 0.6 is 0 Å². The van der Waals surface area contributed by atoms with Crippen molar-refractivity contribution in [1.82, 2.24) is 20.3 Å². The zero-order valence-electron chi connectivity index (χ0n) is 28.9. The van der Waals surface area contributed by atoms with E-state index in [1.807, 2.05) is 19.1 Å². The fourth-order valence-electron chi connectivity index (χ4n) is 5.90. The lowest BCUT2D eigenvalue weighted by Crippen LogP contribution is -2.36. The molecule has 266 valence electrons. The number of fused-ring (bicyclic) bond motifs is 1. The van der Waals surface area contributed by atoms with Gasteiger partial charge in [-0.05, 0) is 56.6 Å². The molecule has 3 aromatic rings. The number of benzene rings is 1. The number of esters is 1. The van der Waals surface area contributed by atoms with Gasteiger partial charge in [0.05, 0.1) is 19.3 Å². The summed E-state index contributed by atoms with van der Waals surface area (Å²) in [6, 6.07) is 6.89. The van der Waals surface area contributed by atoms with Gasteiger partial charge in [0.1, 0.15) is 37.2 Å². The van der Waals surface area contributed by atoms with Crippen molar-refractivity contribution in [1.29, 1.82) is 0 Å². The van der Waals surface area contributed by atoms with Crippen molar-refractivity contribution in [3.8, 4) is 0 Å². The molecule has 0 bridgehead atoms. The third kappa shape index (κ3) is 10.8. The van der Waals surface area contributed by atoms with Crippen LogP contribution in [0.3, 0.4) is 0 Å². The summed E-state index contributed by atoms with van der Waals surface area (Å²) < 4.78 is 28.5.